The Hall–Kier alpha value is -0.560. The van der Waals surface area contributed by atoms with Gasteiger partial charge in [-0.3, -0.25) is 9.59 Å². The second-order valence-electron chi connectivity index (χ2n) is 4.06. The van der Waals surface area contributed by atoms with Crippen LogP contribution in [0.5, 0.6) is 0 Å². The molecule has 20 heavy (non-hydrogen) atoms. The van der Waals surface area contributed by atoms with Gasteiger partial charge in [-0.15, -0.1) is 24.8 Å². The summed E-state index contributed by atoms with van der Waals surface area (Å²) >= 11 is 3.23. The topological polar surface area (TPSA) is 88.0 Å². The van der Waals surface area contributed by atoms with E-state index in [1.807, 2.05) is 0 Å². The molecule has 0 fully saturated rings. The number of nitrogens with two attached hydrogens (primary N) is 1. The van der Waals surface area contributed by atoms with Crippen LogP contribution in [0.4, 0.5) is 5.69 Å². The highest BCUT2D eigenvalue weighted by atomic mass is 79.9. The Morgan fingerprint density at radius 1 is 1.25 bits per heavy atom. The van der Waals surface area contributed by atoms with Crippen LogP contribution >= 0.6 is 40.7 Å². The first kappa shape index (κ1) is 21.7. The van der Waals surface area contributed by atoms with Gasteiger partial charge >= 0.3 is 0 Å². The Labute approximate surface area is 139 Å². The van der Waals surface area contributed by atoms with Crippen molar-refractivity contribution in [1.82, 2.24) is 4.98 Å². The lowest BCUT2D eigenvalue weighted by Gasteiger charge is -2.04. The van der Waals surface area contributed by atoms with Crippen LogP contribution in [0.25, 0.3) is 0 Å². The molecule has 1 aromatic heterocycles. The zero-order valence-electron chi connectivity index (χ0n) is 11.0. The summed E-state index contributed by atoms with van der Waals surface area (Å²) in [5.74, 6) is -0.133. The van der Waals surface area contributed by atoms with Crippen molar-refractivity contribution in [2.45, 2.75) is 32.1 Å². The predicted octanol–water partition coefficient (Wildman–Crippen LogP) is 2.83. The molecule has 0 aliphatic heterocycles. The molecule has 4 N–H and O–H groups in total. The molecule has 0 aromatic carbocycles. The maximum absolute atomic E-state index is 11.6. The lowest BCUT2D eigenvalue weighted by Crippen LogP contribution is -2.19. The SMILES string of the molecule is Cl.Cl.NCCCCCCC(=O)Nc1cc(Br)c[nH]c1=O. The molecule has 0 bridgehead atoms. The van der Waals surface area contributed by atoms with E-state index in [4.69, 9.17) is 5.73 Å². The minimum Gasteiger partial charge on any atom is -0.330 e. The maximum atomic E-state index is 11.6. The number of carbonyl (C=O) groups is 1. The smallest absolute Gasteiger partial charge is 0.271 e. The molecule has 0 atom stereocenters. The average molecular weight is 389 g/mol. The van der Waals surface area contributed by atoms with Crippen LogP contribution < -0.4 is 16.6 Å². The number of pyridine rings is 1. The van der Waals surface area contributed by atoms with Gasteiger partial charge in [-0.25, -0.2) is 0 Å². The van der Waals surface area contributed by atoms with Crippen LogP contribution in [0.15, 0.2) is 21.5 Å². The molecule has 0 saturated carbocycles. The highest BCUT2D eigenvalue weighted by Crippen LogP contribution is 2.11. The number of halogens is 3. The third-order valence-electron chi connectivity index (χ3n) is 2.50. The number of nitrogens with one attached hydrogen (secondary N) is 2. The number of amides is 1. The molecular weight excluding hydrogens is 369 g/mol. The molecule has 0 radical (unpaired) electrons. The van der Waals surface area contributed by atoms with Crippen molar-refractivity contribution in [3.63, 3.8) is 0 Å². The highest BCUT2D eigenvalue weighted by molar-refractivity contribution is 9.10. The first-order valence-electron chi connectivity index (χ1n) is 6.01. The summed E-state index contributed by atoms with van der Waals surface area (Å²) < 4.78 is 0.723. The van der Waals surface area contributed by atoms with Crippen molar-refractivity contribution in [2.75, 3.05) is 11.9 Å². The van der Waals surface area contributed by atoms with E-state index >= 15 is 0 Å². The van der Waals surface area contributed by atoms with E-state index in [1.54, 1.807) is 6.07 Å². The largest absolute Gasteiger partial charge is 0.330 e. The fraction of sp³-hybridized carbons (Fsp3) is 0.500. The average Bonchev–Trinajstić information content (AvgIpc) is 2.33. The standard InChI is InChI=1S/C12H18BrN3O2.2ClH/c13-9-7-10(12(18)15-8-9)16-11(17)5-3-1-2-4-6-14;;/h7-8H,1-6,14H2,(H,15,18)(H,16,17);2*1H. The van der Waals surface area contributed by atoms with E-state index < -0.39 is 0 Å². The molecule has 0 spiro atoms. The van der Waals surface area contributed by atoms with E-state index in [1.165, 1.54) is 6.20 Å². The summed E-state index contributed by atoms with van der Waals surface area (Å²) in [6.45, 7) is 0.694. The first-order chi connectivity index (χ1) is 8.63. The molecule has 5 nitrogen and oxygen atoms in total. The molecule has 0 aliphatic carbocycles. The summed E-state index contributed by atoms with van der Waals surface area (Å²) in [6.07, 6.45) is 5.80. The van der Waals surface area contributed by atoms with Gasteiger partial charge in [0.1, 0.15) is 5.69 Å². The monoisotopic (exact) mass is 387 g/mol. The summed E-state index contributed by atoms with van der Waals surface area (Å²) in [4.78, 5) is 25.5. The molecule has 1 aromatic rings. The normalized spacial score (nSPS) is 9.30. The van der Waals surface area contributed by atoms with Crippen LogP contribution in [0.3, 0.4) is 0 Å². The number of hydrogen-bond donors (Lipinski definition) is 3. The quantitative estimate of drug-likeness (QED) is 0.627. The van der Waals surface area contributed by atoms with Crippen molar-refractivity contribution in [2.24, 2.45) is 5.73 Å². The van der Waals surface area contributed by atoms with Crippen LogP contribution in [-0.4, -0.2) is 17.4 Å². The Balaban J connectivity index is 0. The molecule has 1 rings (SSSR count). The lowest BCUT2D eigenvalue weighted by atomic mass is 10.1. The second kappa shape index (κ2) is 12.2. The molecule has 8 heteroatoms. The lowest BCUT2D eigenvalue weighted by molar-refractivity contribution is -0.116. The van der Waals surface area contributed by atoms with E-state index in [2.05, 4.69) is 26.2 Å². The molecular formula is C12H20BrCl2N3O2. The van der Waals surface area contributed by atoms with E-state index in [9.17, 15) is 9.59 Å². The van der Waals surface area contributed by atoms with Crippen LogP contribution in [0.2, 0.25) is 0 Å². The number of carbonyl (C=O) groups excluding carboxylic acids is 1. The van der Waals surface area contributed by atoms with E-state index in [0.717, 1.165) is 30.2 Å². The van der Waals surface area contributed by atoms with E-state index in [0.29, 0.717) is 13.0 Å². The number of anilines is 1. The summed E-state index contributed by atoms with van der Waals surface area (Å²) in [7, 11) is 0. The Morgan fingerprint density at radius 3 is 2.55 bits per heavy atom. The molecule has 1 heterocycles. The number of unbranched alkanes of at least 4 members (excludes halogenated alkanes) is 3. The summed E-state index contributed by atoms with van der Waals surface area (Å²) in [5, 5.41) is 2.60. The number of H-pyrrole nitrogens is 1. The molecule has 0 unspecified atom stereocenters. The first-order valence-corrected chi connectivity index (χ1v) is 6.81. The highest BCUT2D eigenvalue weighted by Gasteiger charge is 2.05. The molecule has 1 amide bonds. The molecule has 116 valence electrons. The van der Waals surface area contributed by atoms with Gasteiger partial charge in [0.15, 0.2) is 0 Å². The third-order valence-corrected chi connectivity index (χ3v) is 2.96. The van der Waals surface area contributed by atoms with Gasteiger partial charge in [0.25, 0.3) is 5.56 Å². The van der Waals surface area contributed by atoms with Crippen molar-refractivity contribution in [3.05, 3.63) is 27.1 Å². The van der Waals surface area contributed by atoms with Crippen LogP contribution in [0, 0.1) is 0 Å². The van der Waals surface area contributed by atoms with Crippen molar-refractivity contribution in [3.8, 4) is 0 Å². The fourth-order valence-electron chi connectivity index (χ4n) is 1.55. The molecule has 0 saturated heterocycles. The van der Waals surface area contributed by atoms with Crippen molar-refractivity contribution < 1.29 is 4.79 Å². The Morgan fingerprint density at radius 2 is 1.90 bits per heavy atom. The second-order valence-corrected chi connectivity index (χ2v) is 4.98. The summed E-state index contributed by atoms with van der Waals surface area (Å²) in [6, 6.07) is 1.59. The van der Waals surface area contributed by atoms with Crippen molar-refractivity contribution in [1.29, 1.82) is 0 Å². The summed E-state index contributed by atoms with van der Waals surface area (Å²) in [5.41, 5.74) is 5.36. The Kier molecular flexibility index (Phi) is 13.3. The number of aromatic nitrogens is 1. The number of hydrogen-bond acceptors (Lipinski definition) is 3. The zero-order chi connectivity index (χ0) is 13.4. The van der Waals surface area contributed by atoms with Gasteiger partial charge < -0.3 is 16.0 Å². The zero-order valence-corrected chi connectivity index (χ0v) is 14.2. The maximum Gasteiger partial charge on any atom is 0.271 e. The van der Waals surface area contributed by atoms with Gasteiger partial charge in [-0.1, -0.05) is 12.8 Å². The van der Waals surface area contributed by atoms with Gasteiger partial charge in [-0.2, -0.15) is 0 Å². The Bertz CT molecular complexity index is 455. The minimum atomic E-state index is -0.297. The fourth-order valence-corrected chi connectivity index (χ4v) is 1.89. The molecule has 0 aliphatic rings. The van der Waals surface area contributed by atoms with Crippen LogP contribution in [0.1, 0.15) is 32.1 Å². The number of aromatic amines is 1. The third kappa shape index (κ3) is 8.58. The van der Waals surface area contributed by atoms with Crippen LogP contribution in [-0.2, 0) is 4.79 Å². The van der Waals surface area contributed by atoms with Gasteiger partial charge in [0.05, 0.1) is 0 Å². The van der Waals surface area contributed by atoms with Crippen molar-refractivity contribution >= 4 is 52.3 Å². The number of rotatable bonds is 7. The minimum absolute atomic E-state index is 0. The predicted molar refractivity (Wildman–Crippen MR) is 90.0 cm³/mol. The van der Waals surface area contributed by atoms with Gasteiger partial charge in [-0.05, 0) is 41.4 Å². The van der Waals surface area contributed by atoms with Gasteiger partial charge in [0.2, 0.25) is 5.91 Å². The van der Waals surface area contributed by atoms with Gasteiger partial charge in [0, 0.05) is 17.1 Å². The van der Waals surface area contributed by atoms with E-state index in [-0.39, 0.29) is 42.0 Å².